The van der Waals surface area contributed by atoms with Gasteiger partial charge in [-0.05, 0) is 45.0 Å². The van der Waals surface area contributed by atoms with E-state index in [1.54, 1.807) is 6.07 Å². The van der Waals surface area contributed by atoms with Gasteiger partial charge >= 0.3 is 0 Å². The van der Waals surface area contributed by atoms with Crippen molar-refractivity contribution in [1.29, 1.82) is 0 Å². The fourth-order valence-corrected chi connectivity index (χ4v) is 2.30. The first kappa shape index (κ1) is 22.4. The van der Waals surface area contributed by atoms with Crippen LogP contribution in [0, 0.1) is 0 Å². The molecule has 138 valence electrons. The standard InChI is InChI=1S/C15H21NO3.C3H8.C2H6/c1-3-18-12(2)15(17)14-8-7-13(19-14)11-16-9-5-4-6-10-16;1-3-2;1-2/h7-8H,2-6,9-11H2,1H3;3H2,1-2H3;1-2H3. The van der Waals surface area contributed by atoms with Gasteiger partial charge in [0.1, 0.15) is 5.76 Å². The Hall–Kier alpha value is -1.55. The van der Waals surface area contributed by atoms with E-state index >= 15 is 0 Å². The molecule has 0 spiro atoms. The zero-order chi connectivity index (χ0) is 18.4. The van der Waals surface area contributed by atoms with E-state index in [2.05, 4.69) is 25.3 Å². The van der Waals surface area contributed by atoms with Gasteiger partial charge in [0.25, 0.3) is 5.78 Å². The minimum absolute atomic E-state index is 0.140. The van der Waals surface area contributed by atoms with E-state index in [4.69, 9.17) is 9.15 Å². The lowest BCUT2D eigenvalue weighted by Gasteiger charge is -2.25. The molecule has 4 heteroatoms. The van der Waals surface area contributed by atoms with Crippen LogP contribution in [0.25, 0.3) is 0 Å². The second kappa shape index (κ2) is 13.8. The Labute approximate surface area is 147 Å². The minimum atomic E-state index is -0.272. The van der Waals surface area contributed by atoms with Gasteiger partial charge in [-0.25, -0.2) is 0 Å². The van der Waals surface area contributed by atoms with E-state index in [9.17, 15) is 4.79 Å². The molecule has 0 unspecified atom stereocenters. The Kier molecular flexibility index (Phi) is 13.0. The second-order valence-electron chi connectivity index (χ2n) is 5.50. The SMILES string of the molecule is C=C(OCC)C(=O)c1ccc(CN2CCCCC2)o1.CC.CCC. The summed E-state index contributed by atoms with van der Waals surface area (Å²) in [5, 5.41) is 0. The lowest BCUT2D eigenvalue weighted by molar-refractivity contribution is 0.0898. The predicted molar refractivity (Wildman–Crippen MR) is 100 cm³/mol. The molecule has 0 aromatic carbocycles. The van der Waals surface area contributed by atoms with Crippen LogP contribution in [0.2, 0.25) is 0 Å². The van der Waals surface area contributed by atoms with Gasteiger partial charge in [-0.1, -0.05) is 47.1 Å². The first-order chi connectivity index (χ1) is 11.6. The molecule has 1 fully saturated rings. The molecule has 24 heavy (non-hydrogen) atoms. The highest BCUT2D eigenvalue weighted by Gasteiger charge is 2.17. The molecule has 0 aliphatic carbocycles. The van der Waals surface area contributed by atoms with Crippen LogP contribution in [0.4, 0.5) is 0 Å². The summed E-state index contributed by atoms with van der Waals surface area (Å²) in [6.45, 7) is 17.1. The molecule has 0 amide bonds. The number of Topliss-reactive ketones (excluding diaryl/α,β-unsaturated/α-hetero) is 1. The average Bonchev–Trinajstić information content (AvgIpc) is 3.06. The predicted octanol–water partition coefficient (Wildman–Crippen LogP) is 5.44. The number of carbonyl (C=O) groups excluding carboxylic acids is 1. The zero-order valence-corrected chi connectivity index (χ0v) is 16.2. The maximum Gasteiger partial charge on any atom is 0.261 e. The number of furan rings is 1. The molecule has 0 saturated carbocycles. The van der Waals surface area contributed by atoms with Gasteiger partial charge in [0.2, 0.25) is 0 Å². The minimum Gasteiger partial charge on any atom is -0.490 e. The van der Waals surface area contributed by atoms with Crippen molar-refractivity contribution in [3.05, 3.63) is 36.0 Å². The van der Waals surface area contributed by atoms with E-state index in [0.29, 0.717) is 12.4 Å². The number of ether oxygens (including phenoxy) is 1. The van der Waals surface area contributed by atoms with Crippen LogP contribution in [0.15, 0.2) is 28.9 Å². The highest BCUT2D eigenvalue weighted by molar-refractivity contribution is 6.04. The third kappa shape index (κ3) is 8.34. The molecular weight excluding hydrogens is 302 g/mol. The van der Waals surface area contributed by atoms with Crippen molar-refractivity contribution in [2.24, 2.45) is 0 Å². The highest BCUT2D eigenvalue weighted by atomic mass is 16.5. The number of hydrogen-bond donors (Lipinski definition) is 0. The fourth-order valence-electron chi connectivity index (χ4n) is 2.30. The summed E-state index contributed by atoms with van der Waals surface area (Å²) in [6.07, 6.45) is 5.05. The van der Waals surface area contributed by atoms with Gasteiger partial charge in [-0.3, -0.25) is 9.69 Å². The maximum atomic E-state index is 11.9. The molecule has 1 aliphatic heterocycles. The van der Waals surface area contributed by atoms with Gasteiger partial charge in [0, 0.05) is 0 Å². The second-order valence-corrected chi connectivity index (χ2v) is 5.50. The molecule has 0 atom stereocenters. The number of nitrogens with zero attached hydrogens (tertiary/aromatic N) is 1. The number of likely N-dealkylation sites (tertiary alicyclic amines) is 1. The molecular formula is C20H35NO3. The first-order valence-corrected chi connectivity index (χ1v) is 9.29. The molecule has 2 rings (SSSR count). The largest absolute Gasteiger partial charge is 0.490 e. The van der Waals surface area contributed by atoms with Gasteiger partial charge < -0.3 is 9.15 Å². The zero-order valence-electron chi connectivity index (χ0n) is 16.2. The van der Waals surface area contributed by atoms with E-state index < -0.39 is 0 Å². The first-order valence-electron chi connectivity index (χ1n) is 9.29. The molecule has 0 radical (unpaired) electrons. The van der Waals surface area contributed by atoms with Crippen LogP contribution in [0.3, 0.4) is 0 Å². The molecule has 1 aromatic heterocycles. The van der Waals surface area contributed by atoms with Crippen LogP contribution in [-0.2, 0) is 11.3 Å². The molecule has 0 bridgehead atoms. The third-order valence-electron chi connectivity index (χ3n) is 3.29. The van der Waals surface area contributed by atoms with Gasteiger partial charge in [-0.2, -0.15) is 0 Å². The van der Waals surface area contributed by atoms with Crippen molar-refractivity contribution in [3.8, 4) is 0 Å². The van der Waals surface area contributed by atoms with Crippen LogP contribution in [0.5, 0.6) is 0 Å². The number of allylic oxidation sites excluding steroid dienone is 1. The van der Waals surface area contributed by atoms with Crippen molar-refractivity contribution in [2.75, 3.05) is 19.7 Å². The third-order valence-corrected chi connectivity index (χ3v) is 3.29. The highest BCUT2D eigenvalue weighted by Crippen LogP contribution is 2.17. The van der Waals surface area contributed by atoms with Crippen LogP contribution in [-0.4, -0.2) is 30.4 Å². The normalized spacial score (nSPS) is 13.9. The molecule has 1 saturated heterocycles. The van der Waals surface area contributed by atoms with Crippen molar-refractivity contribution in [2.45, 2.75) is 66.8 Å². The fraction of sp³-hybridized carbons (Fsp3) is 0.650. The van der Waals surface area contributed by atoms with Crippen molar-refractivity contribution in [3.63, 3.8) is 0 Å². The smallest absolute Gasteiger partial charge is 0.261 e. The van der Waals surface area contributed by atoms with E-state index in [1.807, 2.05) is 26.8 Å². The lowest BCUT2D eigenvalue weighted by Crippen LogP contribution is -2.28. The Balaban J connectivity index is 0.000000952. The van der Waals surface area contributed by atoms with Crippen LogP contribution in [0.1, 0.15) is 76.6 Å². The lowest BCUT2D eigenvalue weighted by atomic mass is 10.1. The quantitative estimate of drug-likeness (QED) is 0.394. The van der Waals surface area contributed by atoms with Gasteiger partial charge in [0.15, 0.2) is 11.5 Å². The average molecular weight is 338 g/mol. The topological polar surface area (TPSA) is 42.7 Å². The molecule has 2 heterocycles. The summed E-state index contributed by atoms with van der Waals surface area (Å²) in [6, 6.07) is 3.56. The van der Waals surface area contributed by atoms with Crippen molar-refractivity contribution in [1.82, 2.24) is 4.90 Å². The van der Waals surface area contributed by atoms with Crippen LogP contribution < -0.4 is 0 Å². The van der Waals surface area contributed by atoms with Crippen LogP contribution >= 0.6 is 0 Å². The Morgan fingerprint density at radius 2 is 1.75 bits per heavy atom. The summed E-state index contributed by atoms with van der Waals surface area (Å²) < 4.78 is 10.7. The summed E-state index contributed by atoms with van der Waals surface area (Å²) in [5.41, 5.74) is 0. The Bertz CT molecular complexity index is 459. The van der Waals surface area contributed by atoms with E-state index in [0.717, 1.165) is 25.4 Å². The van der Waals surface area contributed by atoms with Gasteiger partial charge in [-0.15, -0.1) is 0 Å². The maximum absolute atomic E-state index is 11.9. The Morgan fingerprint density at radius 1 is 1.17 bits per heavy atom. The number of piperidine rings is 1. The van der Waals surface area contributed by atoms with Gasteiger partial charge in [0.05, 0.1) is 13.2 Å². The summed E-state index contributed by atoms with van der Waals surface area (Å²) in [4.78, 5) is 14.3. The summed E-state index contributed by atoms with van der Waals surface area (Å²) >= 11 is 0. The molecule has 4 nitrogen and oxygen atoms in total. The van der Waals surface area contributed by atoms with Crippen molar-refractivity contribution >= 4 is 5.78 Å². The summed E-state index contributed by atoms with van der Waals surface area (Å²) in [5.74, 6) is 1.01. The number of carbonyl (C=O) groups is 1. The van der Waals surface area contributed by atoms with E-state index in [1.165, 1.54) is 25.7 Å². The molecule has 0 N–H and O–H groups in total. The van der Waals surface area contributed by atoms with E-state index in [-0.39, 0.29) is 11.5 Å². The monoisotopic (exact) mass is 337 g/mol. The Morgan fingerprint density at radius 3 is 2.29 bits per heavy atom. The number of hydrogen-bond acceptors (Lipinski definition) is 4. The molecule has 1 aliphatic rings. The summed E-state index contributed by atoms with van der Waals surface area (Å²) in [7, 11) is 0. The molecule has 1 aromatic rings. The number of rotatable bonds is 6. The number of ketones is 1. The van der Waals surface area contributed by atoms with Crippen molar-refractivity contribution < 1.29 is 13.9 Å².